The third kappa shape index (κ3) is 7.80. The van der Waals surface area contributed by atoms with Crippen LogP contribution >= 0.6 is 0 Å². The lowest BCUT2D eigenvalue weighted by molar-refractivity contribution is 0.181. The van der Waals surface area contributed by atoms with E-state index in [4.69, 9.17) is 0 Å². The third-order valence-corrected chi connectivity index (χ3v) is 2.67. The summed E-state index contributed by atoms with van der Waals surface area (Å²) >= 11 is 0. The van der Waals surface area contributed by atoms with Crippen LogP contribution in [-0.4, -0.2) is 37.6 Å². The molecule has 0 atom stereocenters. The summed E-state index contributed by atoms with van der Waals surface area (Å²) in [5.41, 5.74) is 0.389. The van der Waals surface area contributed by atoms with Crippen LogP contribution in [0.4, 0.5) is 0 Å². The van der Waals surface area contributed by atoms with E-state index < -0.39 is 0 Å². The van der Waals surface area contributed by atoms with Crippen molar-refractivity contribution >= 4 is 0 Å². The van der Waals surface area contributed by atoms with E-state index in [0.717, 1.165) is 13.1 Å². The van der Waals surface area contributed by atoms with Crippen LogP contribution in [0.2, 0.25) is 0 Å². The minimum Gasteiger partial charge on any atom is -0.316 e. The predicted octanol–water partition coefficient (Wildman–Crippen LogP) is 2.74. The van der Waals surface area contributed by atoms with Gasteiger partial charge in [-0.25, -0.2) is 0 Å². The Kier molecular flexibility index (Phi) is 8.07. The van der Waals surface area contributed by atoms with Crippen LogP contribution in [0.3, 0.4) is 0 Å². The van der Waals surface area contributed by atoms with Crippen LogP contribution < -0.4 is 5.32 Å². The van der Waals surface area contributed by atoms with Crippen molar-refractivity contribution < 1.29 is 0 Å². The largest absolute Gasteiger partial charge is 0.316 e. The Morgan fingerprint density at radius 3 is 2.20 bits per heavy atom. The van der Waals surface area contributed by atoms with Gasteiger partial charge >= 0.3 is 0 Å². The van der Waals surface area contributed by atoms with Gasteiger partial charge in [-0.15, -0.1) is 0 Å². The van der Waals surface area contributed by atoms with Crippen molar-refractivity contribution in [2.24, 2.45) is 5.41 Å². The first-order valence-electron chi connectivity index (χ1n) is 6.48. The Labute approximate surface area is 96.4 Å². The third-order valence-electron chi connectivity index (χ3n) is 2.67. The molecule has 1 N–H and O–H groups in total. The normalized spacial score (nSPS) is 12.4. The first kappa shape index (κ1) is 14.9. The molecule has 0 heterocycles. The zero-order valence-electron chi connectivity index (χ0n) is 11.4. The lowest BCUT2D eigenvalue weighted by Gasteiger charge is -2.32. The van der Waals surface area contributed by atoms with Gasteiger partial charge < -0.3 is 10.2 Å². The summed E-state index contributed by atoms with van der Waals surface area (Å²) < 4.78 is 0. The van der Waals surface area contributed by atoms with E-state index in [-0.39, 0.29) is 0 Å². The van der Waals surface area contributed by atoms with E-state index in [2.05, 4.69) is 44.8 Å². The molecule has 2 heteroatoms. The van der Waals surface area contributed by atoms with Gasteiger partial charge in [0.2, 0.25) is 0 Å². The summed E-state index contributed by atoms with van der Waals surface area (Å²) in [6.45, 7) is 17.3. The molecule has 0 aromatic carbocycles. The van der Waals surface area contributed by atoms with E-state index in [1.165, 1.54) is 32.5 Å². The van der Waals surface area contributed by atoms with Crippen molar-refractivity contribution in [1.82, 2.24) is 10.2 Å². The van der Waals surface area contributed by atoms with Crippen molar-refractivity contribution in [3.05, 3.63) is 0 Å². The molecule has 15 heavy (non-hydrogen) atoms. The topological polar surface area (TPSA) is 15.3 Å². The molecule has 0 spiro atoms. The first-order chi connectivity index (χ1) is 7.05. The Balaban J connectivity index is 3.86. The van der Waals surface area contributed by atoms with Crippen molar-refractivity contribution in [3.8, 4) is 0 Å². The zero-order valence-corrected chi connectivity index (χ0v) is 11.4. The molecule has 0 saturated heterocycles. The highest BCUT2D eigenvalue weighted by Crippen LogP contribution is 2.15. The van der Waals surface area contributed by atoms with Gasteiger partial charge in [0.25, 0.3) is 0 Å². The second kappa shape index (κ2) is 8.12. The maximum Gasteiger partial charge on any atom is 0.00447 e. The maximum absolute atomic E-state index is 3.52. The average molecular weight is 214 g/mol. The number of nitrogens with zero attached hydrogens (tertiary/aromatic N) is 1. The fraction of sp³-hybridized carbons (Fsp3) is 1.00. The highest BCUT2D eigenvalue weighted by molar-refractivity contribution is 4.75. The van der Waals surface area contributed by atoms with Crippen LogP contribution in [0.1, 0.15) is 47.5 Å². The number of rotatable bonds is 9. The quantitative estimate of drug-likeness (QED) is 0.594. The van der Waals surface area contributed by atoms with Crippen molar-refractivity contribution in [2.45, 2.75) is 47.5 Å². The minimum absolute atomic E-state index is 0.389. The average Bonchev–Trinajstić information content (AvgIpc) is 2.17. The molecule has 0 amide bonds. The van der Waals surface area contributed by atoms with Gasteiger partial charge in [0.1, 0.15) is 0 Å². The number of nitrogens with one attached hydrogen (secondary N) is 1. The molecule has 0 aliphatic heterocycles. The second-order valence-electron chi connectivity index (χ2n) is 5.21. The van der Waals surface area contributed by atoms with Crippen LogP contribution in [0.5, 0.6) is 0 Å². The smallest absolute Gasteiger partial charge is 0.00447 e. The molecule has 2 nitrogen and oxygen atoms in total. The minimum atomic E-state index is 0.389. The summed E-state index contributed by atoms with van der Waals surface area (Å²) in [5, 5.41) is 3.52. The van der Waals surface area contributed by atoms with Gasteiger partial charge in [-0.1, -0.05) is 34.6 Å². The van der Waals surface area contributed by atoms with Crippen molar-refractivity contribution in [2.75, 3.05) is 32.7 Å². The van der Waals surface area contributed by atoms with Gasteiger partial charge in [-0.05, 0) is 37.9 Å². The van der Waals surface area contributed by atoms with Crippen LogP contribution in [0, 0.1) is 5.41 Å². The van der Waals surface area contributed by atoms with Gasteiger partial charge in [0, 0.05) is 13.1 Å². The monoisotopic (exact) mass is 214 g/mol. The molecule has 0 aromatic heterocycles. The van der Waals surface area contributed by atoms with E-state index in [9.17, 15) is 0 Å². The lowest BCUT2D eigenvalue weighted by atomic mass is 9.92. The van der Waals surface area contributed by atoms with Gasteiger partial charge in [-0.2, -0.15) is 0 Å². The molecule has 0 bridgehead atoms. The Morgan fingerprint density at radius 2 is 1.73 bits per heavy atom. The molecular formula is C13H30N2. The van der Waals surface area contributed by atoms with Crippen LogP contribution in [0.25, 0.3) is 0 Å². The zero-order chi connectivity index (χ0) is 11.7. The first-order valence-corrected chi connectivity index (χ1v) is 6.48. The molecule has 0 saturated carbocycles. The molecule has 0 fully saturated rings. The van der Waals surface area contributed by atoms with Crippen LogP contribution in [0.15, 0.2) is 0 Å². The molecule has 92 valence electrons. The summed E-state index contributed by atoms with van der Waals surface area (Å²) in [6, 6.07) is 0. The maximum atomic E-state index is 3.52. The van der Waals surface area contributed by atoms with Gasteiger partial charge in [0.15, 0.2) is 0 Å². The summed E-state index contributed by atoms with van der Waals surface area (Å²) in [7, 11) is 0. The number of hydrogen-bond acceptors (Lipinski definition) is 2. The molecule has 0 rings (SSSR count). The molecule has 0 aliphatic rings. The van der Waals surface area contributed by atoms with Crippen LogP contribution in [-0.2, 0) is 0 Å². The van der Waals surface area contributed by atoms with E-state index in [1.54, 1.807) is 0 Å². The predicted molar refractivity (Wildman–Crippen MR) is 69.3 cm³/mol. The van der Waals surface area contributed by atoms with Crippen molar-refractivity contribution in [3.63, 3.8) is 0 Å². The Morgan fingerprint density at radius 1 is 1.07 bits per heavy atom. The van der Waals surface area contributed by atoms with Gasteiger partial charge in [-0.3, -0.25) is 0 Å². The Hall–Kier alpha value is -0.0800. The summed E-state index contributed by atoms with van der Waals surface area (Å²) in [5.74, 6) is 0. The van der Waals surface area contributed by atoms with Crippen molar-refractivity contribution in [1.29, 1.82) is 0 Å². The van der Waals surface area contributed by atoms with E-state index >= 15 is 0 Å². The summed E-state index contributed by atoms with van der Waals surface area (Å²) in [4.78, 5) is 2.55. The number of hydrogen-bond donors (Lipinski definition) is 1. The Bertz CT molecular complexity index is 143. The molecule has 0 aromatic rings. The lowest BCUT2D eigenvalue weighted by Crippen LogP contribution is -2.41. The van der Waals surface area contributed by atoms with Gasteiger partial charge in [0.05, 0.1) is 0 Å². The summed E-state index contributed by atoms with van der Waals surface area (Å²) in [6.07, 6.45) is 2.48. The molecule has 0 aliphatic carbocycles. The highest BCUT2D eigenvalue weighted by Gasteiger charge is 2.20. The highest BCUT2D eigenvalue weighted by atomic mass is 15.1. The SMILES string of the molecule is CCCNCC(C)(C)CN(CC)CCC. The van der Waals surface area contributed by atoms with E-state index in [0.29, 0.717) is 5.41 Å². The molecule has 0 unspecified atom stereocenters. The fourth-order valence-electron chi connectivity index (χ4n) is 1.93. The fourth-order valence-corrected chi connectivity index (χ4v) is 1.93. The molecular weight excluding hydrogens is 184 g/mol. The second-order valence-corrected chi connectivity index (χ2v) is 5.21. The molecule has 0 radical (unpaired) electrons. The standard InChI is InChI=1S/C13H30N2/c1-6-9-14-11-13(4,5)12-15(8-3)10-7-2/h14H,6-12H2,1-5H3. The van der Waals surface area contributed by atoms with E-state index in [1.807, 2.05) is 0 Å².